The maximum atomic E-state index is 11.8. The van der Waals surface area contributed by atoms with E-state index in [4.69, 9.17) is 18.9 Å². The zero-order valence-electron chi connectivity index (χ0n) is 20.1. The van der Waals surface area contributed by atoms with Crippen LogP contribution in [0.15, 0.2) is 24.3 Å². The van der Waals surface area contributed by atoms with Crippen LogP contribution in [0, 0.1) is 16.7 Å². The van der Waals surface area contributed by atoms with Gasteiger partial charge in [-0.05, 0) is 26.7 Å². The molecule has 0 aliphatic heterocycles. The summed E-state index contributed by atoms with van der Waals surface area (Å²) in [5, 5.41) is 0. The number of allylic oxidation sites excluding steroid dienone is 1. The fourth-order valence-electron chi connectivity index (χ4n) is 2.55. The molecular formula is C23H38INO7. The second-order valence-corrected chi connectivity index (χ2v) is 9.55. The molecule has 1 N–H and O–H groups in total. The Hall–Kier alpha value is -1.62. The van der Waals surface area contributed by atoms with E-state index in [1.807, 2.05) is 34.6 Å². The molecule has 0 bridgehead atoms. The third-order valence-electron chi connectivity index (χ3n) is 5.34. The molecule has 8 nitrogen and oxygen atoms in total. The van der Waals surface area contributed by atoms with Crippen LogP contribution in [0.1, 0.15) is 54.4 Å². The monoisotopic (exact) mass is 567 g/mol. The lowest BCUT2D eigenvalue weighted by Crippen LogP contribution is -2.38. The summed E-state index contributed by atoms with van der Waals surface area (Å²) in [5.74, 6) is -1.06. The lowest BCUT2D eigenvalue weighted by atomic mass is 9.80. The van der Waals surface area contributed by atoms with Crippen molar-refractivity contribution in [3.05, 3.63) is 24.3 Å². The van der Waals surface area contributed by atoms with E-state index in [9.17, 15) is 14.4 Å². The summed E-state index contributed by atoms with van der Waals surface area (Å²) in [5.41, 5.74) is 0.174. The van der Waals surface area contributed by atoms with Gasteiger partial charge in [0, 0.05) is 35.5 Å². The molecule has 2 unspecified atom stereocenters. The third-order valence-corrected chi connectivity index (χ3v) is 5.78. The Bertz CT molecular complexity index is 659. The Morgan fingerprint density at radius 3 is 2.19 bits per heavy atom. The van der Waals surface area contributed by atoms with Gasteiger partial charge in [0.05, 0.1) is 49.3 Å². The van der Waals surface area contributed by atoms with E-state index >= 15 is 0 Å². The first-order chi connectivity index (χ1) is 14.9. The van der Waals surface area contributed by atoms with Gasteiger partial charge in [-0.3, -0.25) is 3.53 Å². The number of amides is 1. The van der Waals surface area contributed by atoms with Gasteiger partial charge in [0.15, 0.2) is 0 Å². The number of ether oxygens (including phenoxy) is 4. The second kappa shape index (κ2) is 15.3. The Morgan fingerprint density at radius 1 is 1.03 bits per heavy atom. The summed E-state index contributed by atoms with van der Waals surface area (Å²) in [6.07, 6.45) is 3.55. The minimum atomic E-state index is -0.550. The van der Waals surface area contributed by atoms with Gasteiger partial charge in [-0.15, -0.1) is 0 Å². The molecule has 0 saturated heterocycles. The molecule has 184 valence electrons. The average molecular weight is 567 g/mol. The fraction of sp³-hybridized carbons (Fsp3) is 0.696. The predicted molar refractivity (Wildman–Crippen MR) is 131 cm³/mol. The number of hydrogen-bond acceptors (Lipinski definition) is 7. The van der Waals surface area contributed by atoms with Crippen LogP contribution in [0.2, 0.25) is 0 Å². The Labute approximate surface area is 205 Å². The van der Waals surface area contributed by atoms with Crippen molar-refractivity contribution >= 4 is 40.9 Å². The smallest absolute Gasteiger partial charge is 0.415 e. The Morgan fingerprint density at radius 2 is 1.66 bits per heavy atom. The van der Waals surface area contributed by atoms with Crippen molar-refractivity contribution < 1.29 is 33.3 Å². The minimum Gasteiger partial charge on any atom is -0.462 e. The van der Waals surface area contributed by atoms with E-state index in [1.165, 1.54) is 6.08 Å². The van der Waals surface area contributed by atoms with Crippen molar-refractivity contribution in [2.75, 3.05) is 33.0 Å². The first-order valence-corrected chi connectivity index (χ1v) is 11.7. The van der Waals surface area contributed by atoms with E-state index in [-0.39, 0.29) is 30.5 Å². The van der Waals surface area contributed by atoms with Crippen molar-refractivity contribution in [3.63, 3.8) is 0 Å². The standard InChI is InChI=1S/C23H38INO7/c1-8-19(26)31-15-22(5,6)18(14-30-21(28)25-24)13-29-11-10-23(7,9-2)16-32-20(27)12-17(3)4/h8,12,18H,1,9-11,13-16H2,2-7H3,(H,25,28). The van der Waals surface area contributed by atoms with Gasteiger partial charge >= 0.3 is 18.0 Å². The quantitative estimate of drug-likeness (QED) is 0.0761. The molecule has 32 heavy (non-hydrogen) atoms. The molecule has 2 atom stereocenters. The van der Waals surface area contributed by atoms with Crippen LogP contribution in [-0.2, 0) is 28.5 Å². The minimum absolute atomic E-state index is 0.110. The van der Waals surface area contributed by atoms with E-state index in [0.717, 1.165) is 18.1 Å². The van der Waals surface area contributed by atoms with Crippen molar-refractivity contribution in [3.8, 4) is 0 Å². The zero-order valence-corrected chi connectivity index (χ0v) is 22.3. The SMILES string of the molecule is C=CC(=O)OCC(C)(C)C(COCCC(C)(CC)COC(=O)C=C(C)C)COC(=O)NI. The topological polar surface area (TPSA) is 100 Å². The van der Waals surface area contributed by atoms with Gasteiger partial charge in [0.2, 0.25) is 0 Å². The second-order valence-electron chi connectivity index (χ2n) is 9.01. The van der Waals surface area contributed by atoms with Crippen LogP contribution < -0.4 is 3.53 Å². The summed E-state index contributed by atoms with van der Waals surface area (Å²) in [6.45, 7) is 16.3. The largest absolute Gasteiger partial charge is 0.462 e. The normalized spacial score (nSPS) is 13.8. The van der Waals surface area contributed by atoms with Crippen LogP contribution in [0.5, 0.6) is 0 Å². The molecule has 0 radical (unpaired) electrons. The number of nitrogens with one attached hydrogen (secondary N) is 1. The molecule has 0 fully saturated rings. The number of rotatable bonds is 15. The average Bonchev–Trinajstić information content (AvgIpc) is 2.74. The molecule has 0 aromatic rings. The molecule has 0 aliphatic rings. The van der Waals surface area contributed by atoms with Gasteiger partial charge in [-0.2, -0.15) is 0 Å². The predicted octanol–water partition coefficient (Wildman–Crippen LogP) is 4.77. The maximum absolute atomic E-state index is 11.8. The van der Waals surface area contributed by atoms with Crippen LogP contribution >= 0.6 is 22.9 Å². The number of hydrogen-bond donors (Lipinski definition) is 1. The van der Waals surface area contributed by atoms with Gasteiger partial charge in [0.25, 0.3) is 0 Å². The van der Waals surface area contributed by atoms with Gasteiger partial charge in [-0.25, -0.2) is 14.4 Å². The Kier molecular flexibility index (Phi) is 14.5. The molecule has 0 saturated carbocycles. The van der Waals surface area contributed by atoms with E-state index in [0.29, 0.717) is 26.2 Å². The molecule has 0 rings (SSSR count). The zero-order chi connectivity index (χ0) is 24.8. The van der Waals surface area contributed by atoms with E-state index in [2.05, 4.69) is 17.0 Å². The highest BCUT2D eigenvalue weighted by Crippen LogP contribution is 2.30. The first kappa shape index (κ1) is 30.4. The van der Waals surface area contributed by atoms with E-state index in [1.54, 1.807) is 22.9 Å². The maximum Gasteiger partial charge on any atom is 0.415 e. The number of esters is 2. The van der Waals surface area contributed by atoms with Crippen LogP contribution in [-0.4, -0.2) is 51.1 Å². The molecular weight excluding hydrogens is 529 g/mol. The third kappa shape index (κ3) is 13.0. The highest BCUT2D eigenvalue weighted by Gasteiger charge is 2.33. The molecule has 1 amide bonds. The lowest BCUT2D eigenvalue weighted by Gasteiger charge is -2.33. The van der Waals surface area contributed by atoms with Crippen molar-refractivity contribution in [2.24, 2.45) is 16.7 Å². The van der Waals surface area contributed by atoms with Crippen molar-refractivity contribution in [2.45, 2.75) is 54.4 Å². The van der Waals surface area contributed by atoms with Crippen LogP contribution in [0.3, 0.4) is 0 Å². The number of carbonyl (C=O) groups excluding carboxylic acids is 3. The highest BCUT2D eigenvalue weighted by atomic mass is 127. The summed E-state index contributed by atoms with van der Waals surface area (Å²) in [4.78, 5) is 34.8. The summed E-state index contributed by atoms with van der Waals surface area (Å²) in [7, 11) is 0. The molecule has 0 heterocycles. The molecule has 0 spiro atoms. The molecule has 0 aromatic carbocycles. The molecule has 0 aromatic heterocycles. The number of halogens is 1. The van der Waals surface area contributed by atoms with Crippen molar-refractivity contribution in [1.82, 2.24) is 3.53 Å². The summed E-state index contributed by atoms with van der Waals surface area (Å²) >= 11 is 1.70. The summed E-state index contributed by atoms with van der Waals surface area (Å²) < 4.78 is 24.1. The van der Waals surface area contributed by atoms with Gasteiger partial charge in [0.1, 0.15) is 0 Å². The van der Waals surface area contributed by atoms with Crippen LogP contribution in [0.25, 0.3) is 0 Å². The van der Waals surface area contributed by atoms with Crippen LogP contribution in [0.4, 0.5) is 4.79 Å². The van der Waals surface area contributed by atoms with E-state index < -0.39 is 17.5 Å². The van der Waals surface area contributed by atoms with Gasteiger partial charge < -0.3 is 18.9 Å². The Balaban J connectivity index is 4.87. The summed E-state index contributed by atoms with van der Waals surface area (Å²) in [6, 6.07) is 0. The first-order valence-electron chi connectivity index (χ1n) is 10.6. The van der Waals surface area contributed by atoms with Crippen molar-refractivity contribution in [1.29, 1.82) is 0 Å². The highest BCUT2D eigenvalue weighted by molar-refractivity contribution is 14.1. The number of carbonyl (C=O) groups is 3. The molecule has 9 heteroatoms. The fourth-order valence-corrected chi connectivity index (χ4v) is 2.71. The lowest BCUT2D eigenvalue weighted by molar-refractivity contribution is -0.143. The molecule has 0 aliphatic carbocycles. The van der Waals surface area contributed by atoms with Gasteiger partial charge in [-0.1, -0.05) is 39.8 Å².